The molecular formula is C18H29N3O3S. The molecule has 1 aliphatic heterocycles. The number of aryl methyl sites for hydroxylation is 1. The number of sulfonamides is 1. The summed E-state index contributed by atoms with van der Waals surface area (Å²) in [5.41, 5.74) is 0.986. The fraction of sp³-hybridized carbons (Fsp3) is 0.611. The zero-order valence-corrected chi connectivity index (χ0v) is 16.0. The highest BCUT2D eigenvalue weighted by molar-refractivity contribution is 7.89. The first-order valence-electron chi connectivity index (χ1n) is 8.88. The van der Waals surface area contributed by atoms with E-state index in [1.807, 2.05) is 20.8 Å². The molecule has 1 aromatic carbocycles. The van der Waals surface area contributed by atoms with Gasteiger partial charge in [0.05, 0.1) is 4.90 Å². The molecule has 1 heterocycles. The third-order valence-electron chi connectivity index (χ3n) is 4.34. The smallest absolute Gasteiger partial charge is 0.241 e. The van der Waals surface area contributed by atoms with Crippen molar-refractivity contribution >= 4 is 15.9 Å². The summed E-state index contributed by atoms with van der Waals surface area (Å²) in [5.74, 6) is -0.0702. The summed E-state index contributed by atoms with van der Waals surface area (Å²) < 4.78 is 27.8. The number of benzene rings is 1. The van der Waals surface area contributed by atoms with Crippen molar-refractivity contribution in [3.05, 3.63) is 29.8 Å². The van der Waals surface area contributed by atoms with E-state index in [-0.39, 0.29) is 22.8 Å². The second-order valence-corrected chi connectivity index (χ2v) is 8.87. The van der Waals surface area contributed by atoms with Crippen LogP contribution in [0, 0.1) is 12.8 Å². The van der Waals surface area contributed by atoms with Crippen LogP contribution in [0.15, 0.2) is 29.2 Å². The summed E-state index contributed by atoms with van der Waals surface area (Å²) in [5, 5.41) is 6.20. The van der Waals surface area contributed by atoms with Gasteiger partial charge in [-0.3, -0.25) is 4.79 Å². The summed E-state index contributed by atoms with van der Waals surface area (Å²) in [6, 6.07) is 6.12. The van der Waals surface area contributed by atoms with Crippen LogP contribution >= 0.6 is 0 Å². The highest BCUT2D eigenvalue weighted by atomic mass is 32.2. The first-order valence-corrected chi connectivity index (χ1v) is 10.4. The number of amides is 1. The molecule has 1 aromatic rings. The molecule has 0 aromatic heterocycles. The molecule has 7 heteroatoms. The molecule has 25 heavy (non-hydrogen) atoms. The molecule has 1 aliphatic rings. The van der Waals surface area contributed by atoms with E-state index >= 15 is 0 Å². The van der Waals surface area contributed by atoms with E-state index in [1.165, 1.54) is 0 Å². The molecule has 2 unspecified atom stereocenters. The van der Waals surface area contributed by atoms with Crippen molar-refractivity contribution in [3.63, 3.8) is 0 Å². The molecule has 1 saturated heterocycles. The molecular weight excluding hydrogens is 338 g/mol. The normalized spacial score (nSPS) is 19.1. The minimum atomic E-state index is -3.73. The summed E-state index contributed by atoms with van der Waals surface area (Å²) >= 11 is 0. The lowest BCUT2D eigenvalue weighted by Crippen LogP contribution is -2.49. The third-order valence-corrected chi connectivity index (χ3v) is 5.82. The largest absolute Gasteiger partial charge is 0.353 e. The Morgan fingerprint density at radius 3 is 2.52 bits per heavy atom. The van der Waals surface area contributed by atoms with Gasteiger partial charge in [-0.25, -0.2) is 8.42 Å². The maximum Gasteiger partial charge on any atom is 0.241 e. The molecule has 0 spiro atoms. The van der Waals surface area contributed by atoms with Crippen LogP contribution in [0.1, 0.15) is 38.7 Å². The van der Waals surface area contributed by atoms with Gasteiger partial charge in [-0.1, -0.05) is 31.5 Å². The van der Waals surface area contributed by atoms with E-state index in [9.17, 15) is 13.2 Å². The number of carbonyl (C=O) groups excluding carboxylic acids is 1. The Hall–Kier alpha value is -1.44. The SMILES string of the molecule is Cc1ccc(S(=O)(=O)NC(CC(C)C)C(=O)NCC2CCCN2)cc1. The van der Waals surface area contributed by atoms with E-state index in [0.29, 0.717) is 13.0 Å². The Balaban J connectivity index is 2.04. The quantitative estimate of drug-likeness (QED) is 0.651. The van der Waals surface area contributed by atoms with Crippen LogP contribution in [-0.4, -0.2) is 39.5 Å². The molecule has 140 valence electrons. The predicted octanol–water partition coefficient (Wildman–Crippen LogP) is 1.56. The first kappa shape index (κ1) is 19.9. The Morgan fingerprint density at radius 2 is 1.96 bits per heavy atom. The number of nitrogens with one attached hydrogen (secondary N) is 3. The number of hydrogen-bond acceptors (Lipinski definition) is 4. The molecule has 2 atom stereocenters. The van der Waals surface area contributed by atoms with Gasteiger partial charge in [-0.2, -0.15) is 4.72 Å². The lowest BCUT2D eigenvalue weighted by Gasteiger charge is -2.21. The second-order valence-electron chi connectivity index (χ2n) is 7.15. The van der Waals surface area contributed by atoms with Gasteiger partial charge >= 0.3 is 0 Å². The maximum atomic E-state index is 12.6. The molecule has 3 N–H and O–H groups in total. The van der Waals surface area contributed by atoms with E-state index in [2.05, 4.69) is 15.4 Å². The highest BCUT2D eigenvalue weighted by Gasteiger charge is 2.27. The van der Waals surface area contributed by atoms with Crippen LogP contribution in [0.4, 0.5) is 0 Å². The Kier molecular flexibility index (Phi) is 6.98. The zero-order chi connectivity index (χ0) is 18.4. The molecule has 2 rings (SSSR count). The average molecular weight is 368 g/mol. The summed E-state index contributed by atoms with van der Waals surface area (Å²) in [7, 11) is -3.73. The van der Waals surface area contributed by atoms with Gasteiger partial charge in [0.1, 0.15) is 6.04 Å². The monoisotopic (exact) mass is 367 g/mol. The lowest BCUT2D eigenvalue weighted by atomic mass is 10.0. The van der Waals surface area contributed by atoms with Crippen molar-refractivity contribution < 1.29 is 13.2 Å². The molecule has 1 fully saturated rings. The molecule has 0 bridgehead atoms. The summed E-state index contributed by atoms with van der Waals surface area (Å²) in [4.78, 5) is 12.7. The van der Waals surface area contributed by atoms with Crippen molar-refractivity contribution in [2.24, 2.45) is 5.92 Å². The Morgan fingerprint density at radius 1 is 1.28 bits per heavy atom. The van der Waals surface area contributed by atoms with Crippen LogP contribution in [0.2, 0.25) is 0 Å². The van der Waals surface area contributed by atoms with Gasteiger partial charge in [0.2, 0.25) is 15.9 Å². The van der Waals surface area contributed by atoms with Crippen LogP contribution in [0.25, 0.3) is 0 Å². The zero-order valence-electron chi connectivity index (χ0n) is 15.2. The molecule has 1 amide bonds. The van der Waals surface area contributed by atoms with Crippen LogP contribution in [0.3, 0.4) is 0 Å². The third kappa shape index (κ3) is 6.09. The van der Waals surface area contributed by atoms with E-state index in [0.717, 1.165) is 24.9 Å². The summed E-state index contributed by atoms with van der Waals surface area (Å²) in [6.45, 7) is 7.34. The highest BCUT2D eigenvalue weighted by Crippen LogP contribution is 2.13. The van der Waals surface area contributed by atoms with Crippen molar-refractivity contribution in [2.75, 3.05) is 13.1 Å². The lowest BCUT2D eigenvalue weighted by molar-refractivity contribution is -0.123. The standard InChI is InChI=1S/C18H29N3O3S/c1-13(2)11-17(18(22)20-12-15-5-4-10-19-15)21-25(23,24)16-8-6-14(3)7-9-16/h6-9,13,15,17,19,21H,4-5,10-12H2,1-3H3,(H,20,22). The Bertz CT molecular complexity index is 665. The van der Waals surface area contributed by atoms with Gasteiger partial charge in [0, 0.05) is 12.6 Å². The van der Waals surface area contributed by atoms with Gasteiger partial charge in [-0.15, -0.1) is 0 Å². The first-order chi connectivity index (χ1) is 11.8. The molecule has 6 nitrogen and oxygen atoms in total. The van der Waals surface area contributed by atoms with Crippen LogP contribution < -0.4 is 15.4 Å². The maximum absolute atomic E-state index is 12.6. The average Bonchev–Trinajstić information content (AvgIpc) is 3.05. The minimum absolute atomic E-state index is 0.178. The van der Waals surface area contributed by atoms with Gasteiger partial charge in [0.25, 0.3) is 0 Å². The second kappa shape index (κ2) is 8.78. The minimum Gasteiger partial charge on any atom is -0.353 e. The topological polar surface area (TPSA) is 87.3 Å². The molecule has 0 aliphatic carbocycles. The molecule has 0 radical (unpaired) electrons. The molecule has 0 saturated carbocycles. The van der Waals surface area contributed by atoms with Crippen molar-refractivity contribution in [1.29, 1.82) is 0 Å². The van der Waals surface area contributed by atoms with Crippen molar-refractivity contribution in [1.82, 2.24) is 15.4 Å². The fourth-order valence-corrected chi connectivity index (χ4v) is 4.14. The number of carbonyl (C=O) groups is 1. The van der Waals surface area contributed by atoms with E-state index in [4.69, 9.17) is 0 Å². The fourth-order valence-electron chi connectivity index (χ4n) is 2.93. The summed E-state index contributed by atoms with van der Waals surface area (Å²) in [6.07, 6.45) is 2.59. The van der Waals surface area contributed by atoms with Gasteiger partial charge in [0.15, 0.2) is 0 Å². The Labute approximate surface area is 150 Å². The van der Waals surface area contributed by atoms with Crippen molar-refractivity contribution in [3.8, 4) is 0 Å². The van der Waals surface area contributed by atoms with Crippen molar-refractivity contribution in [2.45, 2.75) is 57.0 Å². The van der Waals surface area contributed by atoms with Gasteiger partial charge in [-0.05, 0) is 50.8 Å². The predicted molar refractivity (Wildman–Crippen MR) is 98.8 cm³/mol. The van der Waals surface area contributed by atoms with E-state index in [1.54, 1.807) is 24.3 Å². The number of hydrogen-bond donors (Lipinski definition) is 3. The van der Waals surface area contributed by atoms with Crippen LogP contribution in [0.5, 0.6) is 0 Å². The van der Waals surface area contributed by atoms with Crippen LogP contribution in [-0.2, 0) is 14.8 Å². The van der Waals surface area contributed by atoms with E-state index < -0.39 is 16.1 Å². The van der Waals surface area contributed by atoms with Gasteiger partial charge < -0.3 is 10.6 Å². The number of rotatable bonds is 8.